The van der Waals surface area contributed by atoms with E-state index in [0.717, 1.165) is 40.6 Å². The maximum Gasteiger partial charge on any atom is 0.416 e. The molecule has 0 unspecified atom stereocenters. The largest absolute Gasteiger partial charge is 0.496 e. The minimum absolute atomic E-state index is 0.230. The molecule has 0 fully saturated rings. The first kappa shape index (κ1) is 24.7. The van der Waals surface area contributed by atoms with Crippen LogP contribution in [0.3, 0.4) is 0 Å². The molecule has 1 aliphatic heterocycles. The molecule has 3 aromatic carbocycles. The van der Waals surface area contributed by atoms with Gasteiger partial charge in [-0.05, 0) is 85.9 Å². The second-order valence-electron chi connectivity index (χ2n) is 9.51. The number of rotatable bonds is 6. The molecule has 6 heteroatoms. The first-order valence-corrected chi connectivity index (χ1v) is 11.7. The lowest BCUT2D eigenvalue weighted by molar-refractivity contribution is -0.137. The molecule has 1 aliphatic rings. The highest BCUT2D eigenvalue weighted by atomic mass is 19.4. The molecule has 0 radical (unpaired) electrons. The standard InChI is InChI=1S/C29H31F3N2O/c1-6-19-8-7-9-21(14-19)33-17-24-22(11-12-25-27(24)18(2)16-28(3,4)34-25)23-15-20(29(30,31)32)10-13-26(23)35-5/h7-16,33-34H,6,17H2,1-5H3. The van der Waals surface area contributed by atoms with Crippen molar-refractivity contribution in [1.29, 1.82) is 0 Å². The lowest BCUT2D eigenvalue weighted by Gasteiger charge is -2.33. The minimum Gasteiger partial charge on any atom is -0.496 e. The van der Waals surface area contributed by atoms with Crippen molar-refractivity contribution in [1.82, 2.24) is 0 Å². The fourth-order valence-electron chi connectivity index (χ4n) is 4.82. The normalized spacial score (nSPS) is 14.6. The van der Waals surface area contributed by atoms with Gasteiger partial charge < -0.3 is 15.4 Å². The van der Waals surface area contributed by atoms with Crippen LogP contribution >= 0.6 is 0 Å². The van der Waals surface area contributed by atoms with Crippen molar-refractivity contribution in [3.63, 3.8) is 0 Å². The molecule has 2 N–H and O–H groups in total. The van der Waals surface area contributed by atoms with Gasteiger partial charge in [-0.25, -0.2) is 0 Å². The second-order valence-corrected chi connectivity index (χ2v) is 9.51. The third-order valence-corrected chi connectivity index (χ3v) is 6.36. The van der Waals surface area contributed by atoms with Crippen LogP contribution in [0.25, 0.3) is 16.7 Å². The third kappa shape index (κ3) is 5.16. The van der Waals surface area contributed by atoms with Crippen LogP contribution in [-0.4, -0.2) is 12.6 Å². The molecule has 0 aliphatic carbocycles. The van der Waals surface area contributed by atoms with Crippen molar-refractivity contribution in [2.75, 3.05) is 17.7 Å². The zero-order valence-electron chi connectivity index (χ0n) is 20.7. The number of allylic oxidation sites excluding steroid dienone is 1. The van der Waals surface area contributed by atoms with Crippen molar-refractivity contribution in [3.05, 3.63) is 82.9 Å². The Morgan fingerprint density at radius 1 is 1.00 bits per heavy atom. The van der Waals surface area contributed by atoms with Crippen molar-refractivity contribution in [2.24, 2.45) is 0 Å². The number of methoxy groups -OCH3 is 1. The Bertz CT molecular complexity index is 1280. The maximum absolute atomic E-state index is 13.6. The van der Waals surface area contributed by atoms with E-state index in [0.29, 0.717) is 23.4 Å². The summed E-state index contributed by atoms with van der Waals surface area (Å²) in [5.74, 6) is 0.401. The van der Waals surface area contributed by atoms with Gasteiger partial charge in [0.25, 0.3) is 0 Å². The minimum atomic E-state index is -4.45. The second kappa shape index (κ2) is 9.33. The van der Waals surface area contributed by atoms with Gasteiger partial charge in [-0.2, -0.15) is 13.2 Å². The molecule has 0 amide bonds. The summed E-state index contributed by atoms with van der Waals surface area (Å²) in [5, 5.41) is 7.05. The zero-order valence-corrected chi connectivity index (χ0v) is 20.7. The van der Waals surface area contributed by atoms with Crippen LogP contribution in [0.2, 0.25) is 0 Å². The number of halogens is 3. The summed E-state index contributed by atoms with van der Waals surface area (Å²) in [6, 6.07) is 15.7. The van der Waals surface area contributed by atoms with Gasteiger partial charge in [-0.1, -0.05) is 31.2 Å². The van der Waals surface area contributed by atoms with Gasteiger partial charge in [0.2, 0.25) is 0 Å². The van der Waals surface area contributed by atoms with Crippen molar-refractivity contribution in [2.45, 2.75) is 52.4 Å². The SMILES string of the molecule is CCc1cccc(NCc2c(-c3cc(C(F)(F)F)ccc3OC)ccc3c2C(C)=CC(C)(C)N3)c1. The van der Waals surface area contributed by atoms with Gasteiger partial charge >= 0.3 is 6.18 Å². The van der Waals surface area contributed by atoms with Gasteiger partial charge in [0, 0.05) is 29.0 Å². The molecular weight excluding hydrogens is 449 g/mol. The summed E-state index contributed by atoms with van der Waals surface area (Å²) < 4.78 is 46.3. The Labute approximate surface area is 205 Å². The Kier molecular flexibility index (Phi) is 6.58. The Morgan fingerprint density at radius 2 is 1.77 bits per heavy atom. The lowest BCUT2D eigenvalue weighted by Crippen LogP contribution is -2.32. The summed E-state index contributed by atoms with van der Waals surface area (Å²) in [6.07, 6.45) is -1.37. The first-order chi connectivity index (χ1) is 16.5. The van der Waals surface area contributed by atoms with Crippen LogP contribution < -0.4 is 15.4 Å². The number of benzene rings is 3. The van der Waals surface area contributed by atoms with Crippen molar-refractivity contribution < 1.29 is 17.9 Å². The highest BCUT2D eigenvalue weighted by Gasteiger charge is 2.32. The monoisotopic (exact) mass is 480 g/mol. The van der Waals surface area contributed by atoms with Crippen LogP contribution in [-0.2, 0) is 19.1 Å². The summed E-state index contributed by atoms with van der Waals surface area (Å²) >= 11 is 0. The average molecular weight is 481 g/mol. The smallest absolute Gasteiger partial charge is 0.416 e. The molecule has 0 aromatic heterocycles. The maximum atomic E-state index is 13.6. The number of ether oxygens (including phenoxy) is 1. The summed E-state index contributed by atoms with van der Waals surface area (Å²) in [4.78, 5) is 0. The van der Waals surface area contributed by atoms with E-state index in [9.17, 15) is 13.2 Å². The van der Waals surface area contributed by atoms with Crippen LogP contribution in [0.4, 0.5) is 24.5 Å². The first-order valence-electron chi connectivity index (χ1n) is 11.7. The topological polar surface area (TPSA) is 33.3 Å². The van der Waals surface area contributed by atoms with Gasteiger partial charge in [-0.3, -0.25) is 0 Å². The van der Waals surface area contributed by atoms with Crippen molar-refractivity contribution in [3.8, 4) is 16.9 Å². The van der Waals surface area contributed by atoms with E-state index in [2.05, 4.69) is 56.5 Å². The number of hydrogen-bond donors (Lipinski definition) is 2. The number of alkyl halides is 3. The fraction of sp³-hybridized carbons (Fsp3) is 0.310. The van der Waals surface area contributed by atoms with E-state index in [-0.39, 0.29) is 5.54 Å². The van der Waals surface area contributed by atoms with Crippen LogP contribution in [0.5, 0.6) is 5.75 Å². The molecule has 0 bridgehead atoms. The molecule has 184 valence electrons. The highest BCUT2D eigenvalue weighted by Crippen LogP contribution is 2.44. The molecule has 3 nitrogen and oxygen atoms in total. The summed E-state index contributed by atoms with van der Waals surface area (Å²) in [6.45, 7) is 8.79. The number of nitrogens with one attached hydrogen (secondary N) is 2. The van der Waals surface area contributed by atoms with Crippen LogP contribution in [0.15, 0.2) is 60.7 Å². The van der Waals surface area contributed by atoms with Gasteiger partial charge in [0.05, 0.1) is 18.2 Å². The molecule has 1 heterocycles. The summed E-state index contributed by atoms with van der Waals surface area (Å²) in [7, 11) is 1.48. The zero-order chi connectivity index (χ0) is 25.4. The lowest BCUT2D eigenvalue weighted by atomic mass is 9.84. The van der Waals surface area contributed by atoms with Crippen LogP contribution in [0, 0.1) is 0 Å². The molecular formula is C29H31F3N2O. The van der Waals surface area contributed by atoms with Gasteiger partial charge in [0.15, 0.2) is 0 Å². The predicted octanol–water partition coefficient (Wildman–Crippen LogP) is 8.16. The molecule has 35 heavy (non-hydrogen) atoms. The molecule has 4 rings (SSSR count). The average Bonchev–Trinajstić information content (AvgIpc) is 2.80. The van der Waals surface area contributed by atoms with E-state index in [4.69, 9.17) is 4.74 Å². The molecule has 0 spiro atoms. The predicted molar refractivity (Wildman–Crippen MR) is 138 cm³/mol. The molecule has 0 saturated heterocycles. The molecule has 3 aromatic rings. The van der Waals surface area contributed by atoms with E-state index >= 15 is 0 Å². The number of hydrogen-bond acceptors (Lipinski definition) is 3. The van der Waals surface area contributed by atoms with E-state index in [1.807, 2.05) is 24.3 Å². The van der Waals surface area contributed by atoms with E-state index in [1.165, 1.54) is 24.8 Å². The van der Waals surface area contributed by atoms with Crippen LogP contribution in [0.1, 0.15) is 49.9 Å². The molecule has 0 atom stereocenters. The fourth-order valence-corrected chi connectivity index (χ4v) is 4.82. The van der Waals surface area contributed by atoms with E-state index < -0.39 is 11.7 Å². The highest BCUT2D eigenvalue weighted by molar-refractivity contribution is 5.88. The van der Waals surface area contributed by atoms with Gasteiger partial charge in [0.1, 0.15) is 5.75 Å². The number of anilines is 2. The number of aryl methyl sites for hydroxylation is 1. The van der Waals surface area contributed by atoms with E-state index in [1.54, 1.807) is 0 Å². The third-order valence-electron chi connectivity index (χ3n) is 6.36. The quantitative estimate of drug-likeness (QED) is 0.373. The Balaban J connectivity index is 1.89. The Hall–Kier alpha value is -3.41. The Morgan fingerprint density at radius 3 is 2.46 bits per heavy atom. The molecule has 0 saturated carbocycles. The van der Waals surface area contributed by atoms with Gasteiger partial charge in [-0.15, -0.1) is 0 Å². The number of fused-ring (bicyclic) bond motifs is 1. The summed E-state index contributed by atoms with van der Waals surface area (Å²) in [5.41, 5.74) is 6.33. The van der Waals surface area contributed by atoms with Crippen molar-refractivity contribution >= 4 is 16.9 Å².